The Bertz CT molecular complexity index is 1050. The molecule has 0 radical (unpaired) electrons. The van der Waals surface area contributed by atoms with Crippen LogP contribution in [0.15, 0.2) is 6.20 Å². The molecule has 2 aromatic rings. The van der Waals surface area contributed by atoms with Crippen LogP contribution in [0.4, 0.5) is 15.0 Å². The molecule has 2 atom stereocenters. The standard InChI is InChI=1S/C21H26Cl2FN5O3/c1-5-31-11-21-7-6-12(29(21)19(30)32-20(2,3)4)9-28(10-21)17-13-8-25-16(22)14(24)15(13)26-18(23)27-17/h8,12H,5-7,9-11H2,1-4H3. The fraction of sp³-hybridized carbons (Fsp3) is 0.619. The van der Waals surface area contributed by atoms with Gasteiger partial charge in [0.1, 0.15) is 16.9 Å². The lowest BCUT2D eigenvalue weighted by Gasteiger charge is -2.49. The first-order chi connectivity index (χ1) is 15.0. The first kappa shape index (κ1) is 23.2. The van der Waals surface area contributed by atoms with Crippen molar-refractivity contribution in [3.05, 3.63) is 22.5 Å². The number of nitrogens with zero attached hydrogens (tertiary/aromatic N) is 5. The number of anilines is 1. The molecule has 2 aromatic heterocycles. The van der Waals surface area contributed by atoms with Crippen molar-refractivity contribution in [3.8, 4) is 0 Å². The van der Waals surface area contributed by atoms with E-state index in [2.05, 4.69) is 15.0 Å². The molecule has 11 heteroatoms. The second-order valence-corrected chi connectivity index (χ2v) is 9.92. The second kappa shape index (κ2) is 8.43. The summed E-state index contributed by atoms with van der Waals surface area (Å²) in [6.07, 6.45) is 2.63. The summed E-state index contributed by atoms with van der Waals surface area (Å²) in [5.74, 6) is -0.284. The number of rotatable bonds is 4. The zero-order valence-electron chi connectivity index (χ0n) is 18.5. The Kier molecular flexibility index (Phi) is 6.11. The summed E-state index contributed by atoms with van der Waals surface area (Å²) in [7, 11) is 0. The Balaban J connectivity index is 1.74. The van der Waals surface area contributed by atoms with Crippen LogP contribution in [0.5, 0.6) is 0 Å². The molecular weight excluding hydrogens is 460 g/mol. The molecule has 4 rings (SSSR count). The van der Waals surface area contributed by atoms with Crippen molar-refractivity contribution in [1.82, 2.24) is 19.9 Å². The maximum Gasteiger partial charge on any atom is 0.411 e. The molecule has 0 spiro atoms. The molecule has 32 heavy (non-hydrogen) atoms. The van der Waals surface area contributed by atoms with E-state index in [0.717, 1.165) is 12.8 Å². The Labute approximate surface area is 196 Å². The zero-order chi connectivity index (χ0) is 23.3. The average Bonchev–Trinajstić information content (AvgIpc) is 2.95. The van der Waals surface area contributed by atoms with Gasteiger partial charge in [-0.25, -0.2) is 19.2 Å². The topological polar surface area (TPSA) is 80.7 Å². The Morgan fingerprint density at radius 3 is 2.78 bits per heavy atom. The van der Waals surface area contributed by atoms with Gasteiger partial charge in [-0.2, -0.15) is 4.98 Å². The highest BCUT2D eigenvalue weighted by Gasteiger charge is 2.55. The van der Waals surface area contributed by atoms with Crippen LogP contribution in [-0.4, -0.2) is 69.4 Å². The summed E-state index contributed by atoms with van der Waals surface area (Å²) >= 11 is 12.0. The molecule has 0 aliphatic carbocycles. The average molecular weight is 486 g/mol. The van der Waals surface area contributed by atoms with E-state index < -0.39 is 17.0 Å². The zero-order valence-corrected chi connectivity index (χ0v) is 20.0. The van der Waals surface area contributed by atoms with E-state index in [1.807, 2.05) is 37.5 Å². The predicted octanol–water partition coefficient (Wildman–Crippen LogP) is 4.47. The van der Waals surface area contributed by atoms with Crippen molar-refractivity contribution in [3.63, 3.8) is 0 Å². The highest BCUT2D eigenvalue weighted by atomic mass is 35.5. The lowest BCUT2D eigenvalue weighted by molar-refractivity contribution is -0.0319. The summed E-state index contributed by atoms with van der Waals surface area (Å²) in [6.45, 7) is 9.24. The fourth-order valence-electron chi connectivity index (χ4n) is 4.60. The number of halogens is 3. The number of amides is 1. The van der Waals surface area contributed by atoms with Crippen LogP contribution in [0.25, 0.3) is 10.9 Å². The van der Waals surface area contributed by atoms with Gasteiger partial charge in [0.25, 0.3) is 0 Å². The molecule has 2 fully saturated rings. The van der Waals surface area contributed by atoms with E-state index >= 15 is 0 Å². The van der Waals surface area contributed by atoms with Crippen LogP contribution in [0.2, 0.25) is 10.4 Å². The van der Waals surface area contributed by atoms with Crippen LogP contribution in [0, 0.1) is 5.82 Å². The first-order valence-electron chi connectivity index (χ1n) is 10.6. The molecule has 0 aromatic carbocycles. The quantitative estimate of drug-likeness (QED) is 0.466. The molecule has 0 saturated carbocycles. The second-order valence-electron chi connectivity index (χ2n) is 9.23. The summed E-state index contributed by atoms with van der Waals surface area (Å²) < 4.78 is 26.1. The van der Waals surface area contributed by atoms with E-state index in [1.165, 1.54) is 6.20 Å². The smallest absolute Gasteiger partial charge is 0.411 e. The largest absolute Gasteiger partial charge is 0.444 e. The number of pyridine rings is 1. The van der Waals surface area contributed by atoms with Gasteiger partial charge in [-0.1, -0.05) is 11.6 Å². The molecule has 8 nitrogen and oxygen atoms in total. The summed E-state index contributed by atoms with van der Waals surface area (Å²) in [4.78, 5) is 29.3. The third-order valence-corrected chi connectivity index (χ3v) is 6.23. The van der Waals surface area contributed by atoms with Gasteiger partial charge < -0.3 is 14.4 Å². The lowest BCUT2D eigenvalue weighted by Crippen LogP contribution is -2.66. The van der Waals surface area contributed by atoms with E-state index in [-0.39, 0.29) is 28.1 Å². The summed E-state index contributed by atoms with van der Waals surface area (Å²) in [6, 6.07) is -0.118. The van der Waals surface area contributed by atoms with Gasteiger partial charge in [-0.15, -0.1) is 0 Å². The van der Waals surface area contributed by atoms with Crippen LogP contribution in [0.1, 0.15) is 40.5 Å². The van der Waals surface area contributed by atoms with Crippen molar-refractivity contribution >= 4 is 46.0 Å². The van der Waals surface area contributed by atoms with E-state index in [0.29, 0.717) is 37.5 Å². The van der Waals surface area contributed by atoms with Crippen LogP contribution in [0.3, 0.4) is 0 Å². The lowest BCUT2D eigenvalue weighted by atomic mass is 9.96. The maximum atomic E-state index is 14.6. The maximum absolute atomic E-state index is 14.6. The van der Waals surface area contributed by atoms with Gasteiger partial charge in [-0.3, -0.25) is 4.90 Å². The molecule has 2 unspecified atom stereocenters. The summed E-state index contributed by atoms with van der Waals surface area (Å²) in [5.41, 5.74) is -1.20. The number of hydrogen-bond acceptors (Lipinski definition) is 7. The monoisotopic (exact) mass is 485 g/mol. The van der Waals surface area contributed by atoms with E-state index in [1.54, 1.807) is 0 Å². The number of fused-ring (bicyclic) bond motifs is 3. The number of piperazine rings is 1. The molecule has 174 valence electrons. The predicted molar refractivity (Wildman–Crippen MR) is 120 cm³/mol. The summed E-state index contributed by atoms with van der Waals surface area (Å²) in [5, 5.41) is 0.0447. The van der Waals surface area contributed by atoms with E-state index in [4.69, 9.17) is 32.7 Å². The molecule has 1 amide bonds. The van der Waals surface area contributed by atoms with Gasteiger partial charge >= 0.3 is 6.09 Å². The van der Waals surface area contributed by atoms with Crippen LogP contribution < -0.4 is 4.90 Å². The Morgan fingerprint density at radius 1 is 1.34 bits per heavy atom. The number of carbonyl (C=O) groups excluding carboxylic acids is 1. The van der Waals surface area contributed by atoms with Crippen molar-refractivity contribution in [2.24, 2.45) is 0 Å². The van der Waals surface area contributed by atoms with Gasteiger partial charge in [0, 0.05) is 25.9 Å². The molecule has 0 N–H and O–H groups in total. The highest BCUT2D eigenvalue weighted by molar-refractivity contribution is 6.30. The molecule has 4 heterocycles. The highest BCUT2D eigenvalue weighted by Crippen LogP contribution is 2.43. The minimum atomic E-state index is -0.742. The molecule has 2 aliphatic heterocycles. The number of aromatic nitrogens is 3. The molecule has 2 bridgehead atoms. The molecule has 2 saturated heterocycles. The number of ether oxygens (including phenoxy) is 2. The van der Waals surface area contributed by atoms with Crippen LogP contribution in [-0.2, 0) is 9.47 Å². The van der Waals surface area contributed by atoms with Crippen molar-refractivity contribution in [2.75, 3.05) is 31.2 Å². The number of carbonyl (C=O) groups is 1. The van der Waals surface area contributed by atoms with Crippen molar-refractivity contribution in [1.29, 1.82) is 0 Å². The van der Waals surface area contributed by atoms with Gasteiger partial charge in [0.05, 0.1) is 23.6 Å². The van der Waals surface area contributed by atoms with Gasteiger partial charge in [-0.05, 0) is 52.1 Å². The third-order valence-electron chi connectivity index (χ3n) is 5.79. The molecule has 2 aliphatic rings. The van der Waals surface area contributed by atoms with Gasteiger partial charge in [0.2, 0.25) is 5.28 Å². The fourth-order valence-corrected chi connectivity index (χ4v) is 4.91. The van der Waals surface area contributed by atoms with Crippen molar-refractivity contribution < 1.29 is 18.7 Å². The third kappa shape index (κ3) is 4.18. The van der Waals surface area contributed by atoms with E-state index in [9.17, 15) is 9.18 Å². The van der Waals surface area contributed by atoms with Gasteiger partial charge in [0.15, 0.2) is 11.0 Å². The van der Waals surface area contributed by atoms with Crippen LogP contribution >= 0.6 is 23.2 Å². The Morgan fingerprint density at radius 2 is 2.09 bits per heavy atom. The van der Waals surface area contributed by atoms with Crippen molar-refractivity contribution in [2.45, 2.75) is 57.7 Å². The first-order valence-corrected chi connectivity index (χ1v) is 11.3. The normalized spacial score (nSPS) is 23.2. The minimum Gasteiger partial charge on any atom is -0.444 e. The minimum absolute atomic E-state index is 0.0146. The SMILES string of the molecule is CCOCC12CCC(CN(c3nc(Cl)nc4c(F)c(Cl)ncc34)C1)N2C(=O)OC(C)(C)C. The number of hydrogen-bond donors (Lipinski definition) is 0. The Hall–Kier alpha value is -1.97. The molecular formula is C21H26Cl2FN5O3.